The molecule has 0 aliphatic heterocycles. The van der Waals surface area contributed by atoms with Crippen molar-refractivity contribution in [3.8, 4) is 11.3 Å². The van der Waals surface area contributed by atoms with Crippen molar-refractivity contribution >= 4 is 66.0 Å². The highest BCUT2D eigenvalue weighted by molar-refractivity contribution is 9.10. The zero-order chi connectivity index (χ0) is 21.2. The van der Waals surface area contributed by atoms with Crippen LogP contribution in [0.1, 0.15) is 10.4 Å². The molecular formula is C20H21Br2N3O2P2. The maximum Gasteiger partial charge on any atom is 0.237 e. The monoisotopic (exact) mass is 555 g/mol. The van der Waals surface area contributed by atoms with Gasteiger partial charge < -0.3 is 10.3 Å². The van der Waals surface area contributed by atoms with E-state index in [-0.39, 0.29) is 26.6 Å². The number of ketones is 1. The number of carbonyl (C=O) groups is 2. The number of nitrogens with one attached hydrogen (secondary N) is 2. The number of benzene rings is 2. The number of H-pyrrole nitrogens is 1. The second-order valence-electron chi connectivity index (χ2n) is 5.77. The lowest BCUT2D eigenvalue weighted by Crippen LogP contribution is -2.25. The van der Waals surface area contributed by atoms with Crippen LogP contribution in [0.4, 0.5) is 4.79 Å². The average Bonchev–Trinajstić information content (AvgIpc) is 3.22. The van der Waals surface area contributed by atoms with E-state index in [1.165, 1.54) is 5.56 Å². The molecule has 2 N–H and O–H groups in total. The van der Waals surface area contributed by atoms with Gasteiger partial charge in [-0.2, -0.15) is 0 Å². The highest BCUT2D eigenvalue weighted by Crippen LogP contribution is 2.19. The van der Waals surface area contributed by atoms with Crippen molar-refractivity contribution in [2.75, 3.05) is 19.9 Å². The zero-order valence-corrected chi connectivity index (χ0v) is 21.1. The van der Waals surface area contributed by atoms with Gasteiger partial charge >= 0.3 is 0 Å². The summed E-state index contributed by atoms with van der Waals surface area (Å²) < 4.78 is 2.02. The number of Topliss-reactive ketones (excluding diaryl/α,β-unsaturated/α-hetero) is 1. The molecule has 0 saturated carbocycles. The molecule has 0 aliphatic rings. The van der Waals surface area contributed by atoms with Crippen LogP contribution in [-0.4, -0.2) is 41.3 Å². The smallest absolute Gasteiger partial charge is 0.237 e. The van der Waals surface area contributed by atoms with Gasteiger partial charge in [0.2, 0.25) is 5.65 Å². The fourth-order valence-electron chi connectivity index (χ4n) is 2.21. The third kappa shape index (κ3) is 8.10. The molecule has 9 heteroatoms. The maximum atomic E-state index is 11.5. The highest BCUT2D eigenvalue weighted by Gasteiger charge is 2.06. The number of rotatable bonds is 6. The molecule has 2 aromatic carbocycles. The van der Waals surface area contributed by atoms with Crippen LogP contribution in [0.2, 0.25) is 0 Å². The van der Waals surface area contributed by atoms with Crippen molar-refractivity contribution in [1.29, 1.82) is 0 Å². The summed E-state index contributed by atoms with van der Waals surface area (Å²) >= 11 is 6.70. The summed E-state index contributed by atoms with van der Waals surface area (Å²) in [6, 6.07) is 15.3. The van der Waals surface area contributed by atoms with E-state index < -0.39 is 0 Å². The molecule has 1 amide bonds. The van der Waals surface area contributed by atoms with Crippen molar-refractivity contribution in [2.45, 2.75) is 0 Å². The van der Waals surface area contributed by atoms with Gasteiger partial charge in [-0.05, 0) is 51.7 Å². The van der Waals surface area contributed by atoms with Crippen molar-refractivity contribution in [3.63, 3.8) is 0 Å². The summed E-state index contributed by atoms with van der Waals surface area (Å²) in [4.78, 5) is 30.1. The fraction of sp³-hybridized carbons (Fsp3) is 0.150. The number of hydrogen-bond acceptors (Lipinski definition) is 3. The number of halogens is 2. The SMILES string of the molecule is CPC(=O)NCC(=O)c1ccc(Br)cc1.CPc1ncc(-c2ccc(Br)cc2)[nH]1. The second-order valence-corrected chi connectivity index (χ2v) is 9.52. The normalized spacial score (nSPS) is 10.9. The number of nitrogens with zero attached hydrogens (tertiary/aromatic N) is 1. The van der Waals surface area contributed by atoms with Crippen LogP contribution >= 0.6 is 49.0 Å². The minimum absolute atomic E-state index is 0.0707. The Morgan fingerprint density at radius 2 is 1.59 bits per heavy atom. The summed E-state index contributed by atoms with van der Waals surface area (Å²) in [7, 11) is 0.895. The standard InChI is InChI=1S/C10H10BrN2P.C10H11BrNO2P/c1-14-10-12-6-9(13-10)7-2-4-8(11)5-3-7;1-15-10(14)12-6-9(13)7-2-4-8(11)5-3-7/h2-6,14H,1H3,(H,12,13);2-5,15H,6H2,1H3,(H,12,14). The number of carbonyl (C=O) groups excluding carboxylic acids is 2. The summed E-state index contributed by atoms with van der Waals surface area (Å²) in [5.41, 5.74) is 3.84. The van der Waals surface area contributed by atoms with Crippen molar-refractivity contribution in [2.24, 2.45) is 0 Å². The number of aromatic nitrogens is 2. The Morgan fingerprint density at radius 1 is 1.00 bits per heavy atom. The van der Waals surface area contributed by atoms with Crippen LogP contribution in [0, 0.1) is 0 Å². The van der Waals surface area contributed by atoms with Crippen LogP contribution in [0.15, 0.2) is 63.7 Å². The summed E-state index contributed by atoms with van der Waals surface area (Å²) in [6.07, 6.45) is 1.88. The van der Waals surface area contributed by atoms with E-state index in [9.17, 15) is 9.59 Å². The van der Waals surface area contributed by atoms with Gasteiger partial charge in [0.25, 0.3) is 0 Å². The predicted octanol–water partition coefficient (Wildman–Crippen LogP) is 5.42. The van der Waals surface area contributed by atoms with E-state index in [4.69, 9.17) is 0 Å². The number of aromatic amines is 1. The topological polar surface area (TPSA) is 74.8 Å². The molecular weight excluding hydrogens is 536 g/mol. The van der Waals surface area contributed by atoms with Gasteiger partial charge in [-0.15, -0.1) is 0 Å². The molecule has 0 fully saturated rings. The molecule has 1 aromatic heterocycles. The first-order valence-corrected chi connectivity index (χ1v) is 13.2. The Labute approximate surface area is 190 Å². The molecule has 0 radical (unpaired) electrons. The molecule has 0 spiro atoms. The summed E-state index contributed by atoms with van der Waals surface area (Å²) in [5.74, 6) is -0.0749. The molecule has 29 heavy (non-hydrogen) atoms. The average molecular weight is 557 g/mol. The van der Waals surface area contributed by atoms with Crippen molar-refractivity contribution in [1.82, 2.24) is 15.3 Å². The Morgan fingerprint density at radius 3 is 2.10 bits per heavy atom. The number of hydrogen-bond donors (Lipinski definition) is 2. The lowest BCUT2D eigenvalue weighted by Gasteiger charge is -2.02. The van der Waals surface area contributed by atoms with Crippen LogP contribution in [0.3, 0.4) is 0 Å². The molecule has 5 nitrogen and oxygen atoms in total. The van der Waals surface area contributed by atoms with E-state index >= 15 is 0 Å². The van der Waals surface area contributed by atoms with Crippen molar-refractivity contribution < 1.29 is 9.59 Å². The van der Waals surface area contributed by atoms with E-state index in [0.717, 1.165) is 28.8 Å². The van der Waals surface area contributed by atoms with Gasteiger partial charge in [0.15, 0.2) is 5.78 Å². The van der Waals surface area contributed by atoms with Gasteiger partial charge in [0, 0.05) is 14.5 Å². The summed E-state index contributed by atoms with van der Waals surface area (Å²) in [6.45, 7) is 3.96. The van der Waals surface area contributed by atoms with E-state index in [0.29, 0.717) is 5.56 Å². The first kappa shape index (κ1) is 23.9. The molecule has 3 aromatic rings. The highest BCUT2D eigenvalue weighted by atomic mass is 79.9. The van der Waals surface area contributed by atoms with E-state index in [1.807, 2.05) is 18.3 Å². The van der Waals surface area contributed by atoms with Crippen molar-refractivity contribution in [3.05, 3.63) is 69.2 Å². The van der Waals surface area contributed by atoms with Gasteiger partial charge in [0.1, 0.15) is 5.57 Å². The fourth-order valence-corrected chi connectivity index (χ4v) is 3.46. The summed E-state index contributed by atoms with van der Waals surface area (Å²) in [5, 5.41) is 2.56. The third-order valence-corrected chi connectivity index (χ3v) is 6.19. The number of imidazole rings is 1. The Bertz CT molecular complexity index is 945. The molecule has 3 rings (SSSR count). The first-order chi connectivity index (χ1) is 13.9. The van der Waals surface area contributed by atoms with Crippen LogP contribution < -0.4 is 10.9 Å². The molecule has 0 aliphatic carbocycles. The number of amides is 1. The molecule has 2 unspecified atom stereocenters. The Balaban J connectivity index is 0.000000207. The second kappa shape index (κ2) is 12.3. The van der Waals surface area contributed by atoms with Gasteiger partial charge in [-0.1, -0.05) is 64.7 Å². The molecule has 0 saturated heterocycles. The van der Waals surface area contributed by atoms with Gasteiger partial charge in [0.05, 0.1) is 18.4 Å². The maximum absolute atomic E-state index is 11.5. The molecule has 2 atom stereocenters. The van der Waals surface area contributed by atoms with E-state index in [2.05, 4.69) is 65.9 Å². The first-order valence-electron chi connectivity index (χ1n) is 8.66. The Hall–Kier alpha value is -1.39. The van der Waals surface area contributed by atoms with E-state index in [1.54, 1.807) is 30.9 Å². The van der Waals surface area contributed by atoms with Crippen LogP contribution in [0.25, 0.3) is 11.3 Å². The molecule has 1 heterocycles. The Kier molecular flexibility index (Phi) is 10.2. The quantitative estimate of drug-likeness (QED) is 0.314. The molecule has 152 valence electrons. The third-order valence-electron chi connectivity index (χ3n) is 3.77. The minimum Gasteiger partial charge on any atom is -0.345 e. The predicted molar refractivity (Wildman–Crippen MR) is 132 cm³/mol. The van der Waals surface area contributed by atoms with Gasteiger partial charge in [-0.3, -0.25) is 9.59 Å². The minimum atomic E-state index is -0.0829. The van der Waals surface area contributed by atoms with Crippen LogP contribution in [-0.2, 0) is 0 Å². The lowest BCUT2D eigenvalue weighted by atomic mass is 10.1. The largest absolute Gasteiger partial charge is 0.345 e. The van der Waals surface area contributed by atoms with Crippen LogP contribution in [0.5, 0.6) is 0 Å². The molecule has 0 bridgehead atoms. The zero-order valence-electron chi connectivity index (χ0n) is 15.9. The lowest BCUT2D eigenvalue weighted by molar-refractivity contribution is 0.0994. The van der Waals surface area contributed by atoms with Gasteiger partial charge in [-0.25, -0.2) is 4.98 Å².